The normalized spacial score (nSPS) is 10.8. The van der Waals surface area contributed by atoms with Gasteiger partial charge in [0.2, 0.25) is 0 Å². The fourth-order valence-electron chi connectivity index (χ4n) is 1.62. The number of nitrogen functional groups attached to an aromatic ring is 1. The standard InChI is InChI=1S/C15H15F2NOS/c1-9(2)19-14-8-11(4-5-13(14)18)20-15-6-3-10(16)7-12(15)17/h3-9H,18H2,1-2H3. The summed E-state index contributed by atoms with van der Waals surface area (Å²) in [7, 11) is 0. The SMILES string of the molecule is CC(C)Oc1cc(Sc2ccc(F)cc2F)ccc1N. The Morgan fingerprint density at radius 2 is 1.85 bits per heavy atom. The van der Waals surface area contributed by atoms with Crippen LogP contribution < -0.4 is 10.5 Å². The first-order chi connectivity index (χ1) is 9.45. The van der Waals surface area contributed by atoms with Gasteiger partial charge in [-0.15, -0.1) is 0 Å². The number of ether oxygens (including phenoxy) is 1. The molecular weight excluding hydrogens is 280 g/mol. The van der Waals surface area contributed by atoms with Gasteiger partial charge in [0.15, 0.2) is 0 Å². The van der Waals surface area contributed by atoms with Gasteiger partial charge in [-0.3, -0.25) is 0 Å². The molecule has 20 heavy (non-hydrogen) atoms. The molecule has 0 bridgehead atoms. The van der Waals surface area contributed by atoms with E-state index in [0.717, 1.165) is 11.0 Å². The summed E-state index contributed by atoms with van der Waals surface area (Å²) in [6.45, 7) is 3.80. The second-order valence-corrected chi connectivity index (χ2v) is 5.66. The monoisotopic (exact) mass is 295 g/mol. The average molecular weight is 295 g/mol. The van der Waals surface area contributed by atoms with Crippen LogP contribution in [0, 0.1) is 11.6 Å². The van der Waals surface area contributed by atoms with Crippen molar-refractivity contribution in [2.24, 2.45) is 0 Å². The maximum absolute atomic E-state index is 13.6. The maximum atomic E-state index is 13.6. The van der Waals surface area contributed by atoms with Crippen molar-refractivity contribution in [1.29, 1.82) is 0 Å². The second-order valence-electron chi connectivity index (χ2n) is 4.54. The molecule has 0 atom stereocenters. The molecule has 0 spiro atoms. The zero-order valence-corrected chi connectivity index (χ0v) is 12.0. The molecule has 2 rings (SSSR count). The Kier molecular flexibility index (Phi) is 4.49. The topological polar surface area (TPSA) is 35.2 Å². The number of anilines is 1. The molecule has 2 aromatic rings. The summed E-state index contributed by atoms with van der Waals surface area (Å²) >= 11 is 1.20. The zero-order valence-electron chi connectivity index (χ0n) is 11.2. The fraction of sp³-hybridized carbons (Fsp3) is 0.200. The summed E-state index contributed by atoms with van der Waals surface area (Å²) in [5, 5.41) is 0. The van der Waals surface area contributed by atoms with Crippen LogP contribution in [0.4, 0.5) is 14.5 Å². The zero-order chi connectivity index (χ0) is 14.7. The summed E-state index contributed by atoms with van der Waals surface area (Å²) < 4.78 is 32.1. The molecule has 0 radical (unpaired) electrons. The van der Waals surface area contributed by atoms with Crippen molar-refractivity contribution in [2.45, 2.75) is 29.7 Å². The van der Waals surface area contributed by atoms with E-state index in [-0.39, 0.29) is 6.10 Å². The van der Waals surface area contributed by atoms with Gasteiger partial charge in [-0.05, 0) is 44.2 Å². The molecule has 5 heteroatoms. The lowest BCUT2D eigenvalue weighted by Crippen LogP contribution is -2.07. The quantitative estimate of drug-likeness (QED) is 0.844. The van der Waals surface area contributed by atoms with Crippen molar-refractivity contribution in [3.63, 3.8) is 0 Å². The molecule has 2 aromatic carbocycles. The minimum Gasteiger partial charge on any atom is -0.489 e. The van der Waals surface area contributed by atoms with Crippen molar-refractivity contribution in [2.75, 3.05) is 5.73 Å². The van der Waals surface area contributed by atoms with Gasteiger partial charge in [0.1, 0.15) is 17.4 Å². The third-order valence-corrected chi connectivity index (χ3v) is 3.51. The van der Waals surface area contributed by atoms with Gasteiger partial charge in [0.25, 0.3) is 0 Å². The molecule has 0 amide bonds. The smallest absolute Gasteiger partial charge is 0.143 e. The van der Waals surface area contributed by atoms with E-state index in [1.807, 2.05) is 13.8 Å². The van der Waals surface area contributed by atoms with E-state index in [1.54, 1.807) is 18.2 Å². The Labute approximate surface area is 120 Å². The molecule has 106 valence electrons. The third kappa shape index (κ3) is 3.63. The molecule has 0 saturated heterocycles. The number of hydrogen-bond acceptors (Lipinski definition) is 3. The third-order valence-electron chi connectivity index (χ3n) is 2.47. The van der Waals surface area contributed by atoms with E-state index in [2.05, 4.69) is 0 Å². The minimum absolute atomic E-state index is 0.0000993. The summed E-state index contributed by atoms with van der Waals surface area (Å²) in [4.78, 5) is 1.13. The van der Waals surface area contributed by atoms with Gasteiger partial charge in [0, 0.05) is 15.9 Å². The lowest BCUT2D eigenvalue weighted by molar-refractivity contribution is 0.243. The van der Waals surface area contributed by atoms with Gasteiger partial charge in [-0.2, -0.15) is 0 Å². The van der Waals surface area contributed by atoms with E-state index >= 15 is 0 Å². The van der Waals surface area contributed by atoms with Gasteiger partial charge in [-0.1, -0.05) is 11.8 Å². The largest absolute Gasteiger partial charge is 0.489 e. The molecule has 0 aromatic heterocycles. The van der Waals surface area contributed by atoms with Gasteiger partial charge in [0.05, 0.1) is 11.8 Å². The Balaban J connectivity index is 2.25. The number of nitrogens with two attached hydrogens (primary N) is 1. The fourth-order valence-corrected chi connectivity index (χ4v) is 2.47. The number of hydrogen-bond donors (Lipinski definition) is 1. The van der Waals surface area contributed by atoms with Crippen LogP contribution in [-0.2, 0) is 0 Å². The van der Waals surface area contributed by atoms with Crippen LogP contribution in [0.15, 0.2) is 46.2 Å². The van der Waals surface area contributed by atoms with Crippen molar-refractivity contribution in [1.82, 2.24) is 0 Å². The predicted molar refractivity (Wildman–Crippen MR) is 77.1 cm³/mol. The Morgan fingerprint density at radius 3 is 2.50 bits per heavy atom. The minimum atomic E-state index is -0.590. The first-order valence-electron chi connectivity index (χ1n) is 6.15. The number of rotatable bonds is 4. The van der Waals surface area contributed by atoms with Crippen molar-refractivity contribution in [3.05, 3.63) is 48.0 Å². The summed E-state index contributed by atoms with van der Waals surface area (Å²) in [5.74, 6) is -0.612. The van der Waals surface area contributed by atoms with Gasteiger partial charge >= 0.3 is 0 Å². The molecule has 0 aliphatic rings. The lowest BCUT2D eigenvalue weighted by atomic mass is 10.3. The van der Waals surface area contributed by atoms with Crippen LogP contribution in [0.2, 0.25) is 0 Å². The van der Waals surface area contributed by atoms with E-state index in [1.165, 1.54) is 23.9 Å². The van der Waals surface area contributed by atoms with Gasteiger partial charge in [-0.25, -0.2) is 8.78 Å². The van der Waals surface area contributed by atoms with E-state index in [0.29, 0.717) is 16.3 Å². The Hall–Kier alpha value is -1.75. The van der Waals surface area contributed by atoms with E-state index < -0.39 is 11.6 Å². The Morgan fingerprint density at radius 1 is 1.10 bits per heavy atom. The number of halogens is 2. The van der Waals surface area contributed by atoms with Crippen LogP contribution in [0.25, 0.3) is 0 Å². The van der Waals surface area contributed by atoms with Crippen LogP contribution in [-0.4, -0.2) is 6.10 Å². The predicted octanol–water partition coefficient (Wildman–Crippen LogP) is 4.49. The highest BCUT2D eigenvalue weighted by Gasteiger charge is 2.09. The average Bonchev–Trinajstić information content (AvgIpc) is 2.36. The molecular formula is C15H15F2NOS. The molecule has 2 N–H and O–H groups in total. The van der Waals surface area contributed by atoms with E-state index in [4.69, 9.17) is 10.5 Å². The first-order valence-corrected chi connectivity index (χ1v) is 6.96. The summed E-state index contributed by atoms with van der Waals surface area (Å²) in [6, 6.07) is 8.74. The number of benzene rings is 2. The molecule has 2 nitrogen and oxygen atoms in total. The molecule has 0 aliphatic carbocycles. The van der Waals surface area contributed by atoms with Crippen molar-refractivity contribution in [3.8, 4) is 5.75 Å². The Bertz CT molecular complexity index is 617. The maximum Gasteiger partial charge on any atom is 0.143 e. The highest BCUT2D eigenvalue weighted by Crippen LogP contribution is 2.34. The molecule has 0 saturated carbocycles. The van der Waals surface area contributed by atoms with Crippen LogP contribution in [0.5, 0.6) is 5.75 Å². The molecule has 0 heterocycles. The van der Waals surface area contributed by atoms with E-state index in [9.17, 15) is 8.78 Å². The highest BCUT2D eigenvalue weighted by atomic mass is 32.2. The molecule has 0 fully saturated rings. The van der Waals surface area contributed by atoms with Crippen LogP contribution in [0.3, 0.4) is 0 Å². The summed E-state index contributed by atoms with van der Waals surface area (Å²) in [5.41, 5.74) is 6.35. The highest BCUT2D eigenvalue weighted by molar-refractivity contribution is 7.99. The van der Waals surface area contributed by atoms with Crippen LogP contribution >= 0.6 is 11.8 Å². The first kappa shape index (κ1) is 14.7. The van der Waals surface area contributed by atoms with Crippen LogP contribution in [0.1, 0.15) is 13.8 Å². The van der Waals surface area contributed by atoms with Crippen molar-refractivity contribution >= 4 is 17.4 Å². The second kappa shape index (κ2) is 6.13. The summed E-state index contributed by atoms with van der Waals surface area (Å²) in [6.07, 6.45) is 0.0000993. The molecule has 0 aliphatic heterocycles. The van der Waals surface area contributed by atoms with Crippen molar-refractivity contribution < 1.29 is 13.5 Å². The molecule has 0 unspecified atom stereocenters. The lowest BCUT2D eigenvalue weighted by Gasteiger charge is -2.13. The van der Waals surface area contributed by atoms with Gasteiger partial charge < -0.3 is 10.5 Å².